The molecule has 1 aliphatic heterocycles. The molecule has 0 spiro atoms. The van der Waals surface area contributed by atoms with Crippen molar-refractivity contribution in [2.24, 2.45) is 0 Å². The van der Waals surface area contributed by atoms with E-state index in [-0.39, 0.29) is 41.7 Å². The monoisotopic (exact) mass is 579 g/mol. The number of imidazole rings is 1. The van der Waals surface area contributed by atoms with Crippen molar-refractivity contribution >= 4 is 17.0 Å². The molecule has 3 aromatic carbocycles. The minimum atomic E-state index is -1.28. The van der Waals surface area contributed by atoms with Crippen molar-refractivity contribution in [1.82, 2.24) is 14.5 Å². The number of hydrogen-bond acceptors (Lipinski definition) is 7. The van der Waals surface area contributed by atoms with E-state index in [1.165, 1.54) is 30.3 Å². The number of halogens is 2. The molecule has 2 aromatic heterocycles. The average molecular weight is 580 g/mol. The third-order valence-electron chi connectivity index (χ3n) is 7.54. The number of benzene rings is 3. The Morgan fingerprint density at radius 1 is 1.09 bits per heavy atom. The van der Waals surface area contributed by atoms with Gasteiger partial charge in [-0.05, 0) is 66.4 Å². The highest BCUT2D eigenvalue weighted by atomic mass is 19.1. The highest BCUT2D eigenvalue weighted by Crippen LogP contribution is 2.29. The van der Waals surface area contributed by atoms with Gasteiger partial charge in [0.15, 0.2) is 0 Å². The summed E-state index contributed by atoms with van der Waals surface area (Å²) < 4.78 is 43.1. The van der Waals surface area contributed by atoms with Crippen LogP contribution in [0.15, 0.2) is 66.7 Å². The summed E-state index contributed by atoms with van der Waals surface area (Å²) in [5.41, 5.74) is 4.05. The standard InChI is InChI=1S/C33H26F2N4O4/c1-19-11-23(14-31-37-29-8-7-21(33(40)41)13-30(29)39(31)17-24-9-10-42-24)27(35)15-25(19)28-3-2-4-32(38-28)43-18-22-6-5-20(16-36)12-26(22)34/h2-8,11-13,15,24H,9-10,14,17-18H2,1H3,(H,40,41)/p-1/t24-/m0/s1. The Kier molecular flexibility index (Phi) is 7.57. The number of nitrogens with zero attached hydrogens (tertiary/aromatic N) is 4. The van der Waals surface area contributed by atoms with Crippen LogP contribution in [-0.2, 0) is 24.3 Å². The van der Waals surface area contributed by atoms with Crippen LogP contribution in [-0.4, -0.2) is 33.2 Å². The fraction of sp³-hybridized carbons (Fsp3) is 0.212. The van der Waals surface area contributed by atoms with Gasteiger partial charge in [-0.1, -0.05) is 24.3 Å². The summed E-state index contributed by atoms with van der Waals surface area (Å²) in [5.74, 6) is -1.43. The molecule has 1 aliphatic rings. The Balaban J connectivity index is 1.26. The van der Waals surface area contributed by atoms with E-state index in [0.29, 0.717) is 46.8 Å². The molecule has 0 saturated carbocycles. The van der Waals surface area contributed by atoms with E-state index in [9.17, 15) is 14.3 Å². The molecule has 0 aliphatic carbocycles. The molecule has 8 nitrogen and oxygen atoms in total. The number of pyridine rings is 1. The summed E-state index contributed by atoms with van der Waals surface area (Å²) in [7, 11) is 0. The van der Waals surface area contributed by atoms with Crippen LogP contribution in [0, 0.1) is 29.9 Å². The van der Waals surface area contributed by atoms with E-state index in [1.807, 2.05) is 17.6 Å². The third-order valence-corrected chi connectivity index (χ3v) is 7.54. The SMILES string of the molecule is Cc1cc(Cc2nc3ccc(C(=O)[O-])cc3n2C[C@@H]2CCO2)c(F)cc1-c1cccc(OCc2ccc(C#N)cc2F)n1. The molecule has 0 radical (unpaired) electrons. The lowest BCUT2D eigenvalue weighted by Crippen LogP contribution is -2.31. The number of ether oxygens (including phenoxy) is 2. The van der Waals surface area contributed by atoms with Crippen molar-refractivity contribution in [1.29, 1.82) is 5.26 Å². The number of nitriles is 1. The molecule has 1 atom stereocenters. The first kappa shape index (κ1) is 28.0. The van der Waals surface area contributed by atoms with Gasteiger partial charge in [-0.15, -0.1) is 0 Å². The summed E-state index contributed by atoms with van der Waals surface area (Å²) in [4.78, 5) is 20.7. The number of hydrogen-bond donors (Lipinski definition) is 0. The molecule has 0 N–H and O–H groups in total. The normalized spacial score (nSPS) is 14.3. The quantitative estimate of drug-likeness (QED) is 0.245. The molecule has 10 heteroatoms. The Bertz CT molecular complexity index is 1910. The van der Waals surface area contributed by atoms with Crippen molar-refractivity contribution in [2.75, 3.05) is 6.61 Å². The summed E-state index contributed by atoms with van der Waals surface area (Å²) in [6.07, 6.45) is 1.03. The van der Waals surface area contributed by atoms with Gasteiger partial charge in [0, 0.05) is 30.2 Å². The maximum Gasteiger partial charge on any atom is 0.214 e. The van der Waals surface area contributed by atoms with Gasteiger partial charge in [0.05, 0.1) is 47.0 Å². The topological polar surface area (TPSA) is 113 Å². The number of aromatic carboxylic acids is 1. The first-order valence-corrected chi connectivity index (χ1v) is 13.7. The molecule has 0 bridgehead atoms. The van der Waals surface area contributed by atoms with Gasteiger partial charge in [-0.3, -0.25) is 0 Å². The van der Waals surface area contributed by atoms with Gasteiger partial charge in [0.25, 0.3) is 0 Å². The molecule has 0 amide bonds. The minimum absolute atomic E-state index is 0.0225. The Morgan fingerprint density at radius 3 is 2.63 bits per heavy atom. The van der Waals surface area contributed by atoms with Crippen LogP contribution < -0.4 is 9.84 Å². The second kappa shape index (κ2) is 11.6. The van der Waals surface area contributed by atoms with E-state index in [2.05, 4.69) is 4.98 Å². The third kappa shape index (κ3) is 5.80. The first-order chi connectivity index (χ1) is 20.8. The molecule has 3 heterocycles. The number of aryl methyl sites for hydroxylation is 1. The number of carbonyl (C=O) groups excluding carboxylic acids is 1. The number of rotatable bonds is 9. The number of fused-ring (bicyclic) bond motifs is 1. The lowest BCUT2D eigenvalue weighted by molar-refractivity contribution is -0.255. The molecule has 0 unspecified atom stereocenters. The first-order valence-electron chi connectivity index (χ1n) is 13.7. The van der Waals surface area contributed by atoms with E-state index in [0.717, 1.165) is 18.1 Å². The van der Waals surface area contributed by atoms with E-state index in [4.69, 9.17) is 19.7 Å². The zero-order valence-corrected chi connectivity index (χ0v) is 23.1. The van der Waals surface area contributed by atoms with E-state index in [1.54, 1.807) is 30.3 Å². The second-order valence-corrected chi connectivity index (χ2v) is 10.4. The maximum absolute atomic E-state index is 15.6. The predicted octanol–water partition coefficient (Wildman–Crippen LogP) is 4.88. The van der Waals surface area contributed by atoms with Gasteiger partial charge in [-0.2, -0.15) is 5.26 Å². The lowest BCUT2D eigenvalue weighted by Gasteiger charge is -2.27. The smallest absolute Gasteiger partial charge is 0.214 e. The Morgan fingerprint density at radius 2 is 1.91 bits per heavy atom. The van der Waals surface area contributed by atoms with Crippen molar-refractivity contribution in [3.63, 3.8) is 0 Å². The highest BCUT2D eigenvalue weighted by molar-refractivity contribution is 5.91. The lowest BCUT2D eigenvalue weighted by atomic mass is 9.99. The molecular weight excluding hydrogens is 554 g/mol. The van der Waals surface area contributed by atoms with Gasteiger partial charge in [-0.25, -0.2) is 18.7 Å². The maximum atomic E-state index is 15.6. The van der Waals surface area contributed by atoms with Crippen molar-refractivity contribution in [2.45, 2.75) is 39.0 Å². The van der Waals surface area contributed by atoms with Crippen LogP contribution in [0.5, 0.6) is 5.88 Å². The molecule has 216 valence electrons. The summed E-state index contributed by atoms with van der Waals surface area (Å²) in [6.45, 7) is 2.91. The number of carbonyl (C=O) groups is 1. The summed E-state index contributed by atoms with van der Waals surface area (Å²) in [5, 5.41) is 20.4. The summed E-state index contributed by atoms with van der Waals surface area (Å²) >= 11 is 0. The highest BCUT2D eigenvalue weighted by Gasteiger charge is 2.23. The Labute approximate surface area is 245 Å². The van der Waals surface area contributed by atoms with Crippen LogP contribution in [0.4, 0.5) is 8.78 Å². The van der Waals surface area contributed by atoms with E-state index < -0.39 is 17.6 Å². The molecule has 43 heavy (non-hydrogen) atoms. The minimum Gasteiger partial charge on any atom is -0.545 e. The fourth-order valence-corrected chi connectivity index (χ4v) is 5.12. The molecule has 1 fully saturated rings. The van der Waals surface area contributed by atoms with Gasteiger partial charge in [0.1, 0.15) is 24.1 Å². The molecule has 6 rings (SSSR count). The zero-order valence-electron chi connectivity index (χ0n) is 23.1. The Hall–Kier alpha value is -5.14. The zero-order chi connectivity index (χ0) is 30.1. The second-order valence-electron chi connectivity index (χ2n) is 10.4. The van der Waals surface area contributed by atoms with Crippen molar-refractivity contribution in [3.8, 4) is 23.2 Å². The molecule has 5 aromatic rings. The van der Waals surface area contributed by atoms with Crippen LogP contribution in [0.25, 0.3) is 22.3 Å². The van der Waals surface area contributed by atoms with E-state index >= 15 is 4.39 Å². The van der Waals surface area contributed by atoms with Crippen molar-refractivity contribution < 1.29 is 28.2 Å². The number of aromatic nitrogens is 3. The van der Waals surface area contributed by atoms with Crippen LogP contribution >= 0.6 is 0 Å². The van der Waals surface area contributed by atoms with Gasteiger partial charge >= 0.3 is 0 Å². The van der Waals surface area contributed by atoms with Crippen LogP contribution in [0.1, 0.15) is 44.9 Å². The summed E-state index contributed by atoms with van der Waals surface area (Å²) in [6, 6.07) is 18.9. The average Bonchev–Trinajstić information content (AvgIpc) is 3.31. The van der Waals surface area contributed by atoms with Gasteiger partial charge in [0.2, 0.25) is 5.88 Å². The largest absolute Gasteiger partial charge is 0.545 e. The fourth-order valence-electron chi connectivity index (χ4n) is 5.12. The molecular formula is C33H25F2N4O4-. The van der Waals surface area contributed by atoms with Gasteiger partial charge < -0.3 is 23.9 Å². The number of carboxylic acids is 1. The number of carboxylic acid groups (broad SMARTS) is 1. The molecule has 1 saturated heterocycles. The van der Waals surface area contributed by atoms with Crippen LogP contribution in [0.3, 0.4) is 0 Å². The predicted molar refractivity (Wildman–Crippen MR) is 151 cm³/mol. The van der Waals surface area contributed by atoms with Crippen LogP contribution in [0.2, 0.25) is 0 Å². The van der Waals surface area contributed by atoms with Crippen molar-refractivity contribution in [3.05, 3.63) is 112 Å².